The molecule has 0 aliphatic heterocycles. The molecule has 0 saturated heterocycles. The molecule has 3 aromatic carbocycles. The Morgan fingerprint density at radius 3 is 2.59 bits per heavy atom. The zero-order valence-electron chi connectivity index (χ0n) is 14.3. The molecule has 4 rings (SSSR count). The number of amidine groups is 1. The van der Waals surface area contributed by atoms with Crippen LogP contribution in [0.4, 0.5) is 5.69 Å². The topological polar surface area (TPSA) is 69.9 Å². The van der Waals surface area contributed by atoms with Crippen LogP contribution in [0.2, 0.25) is 0 Å². The highest BCUT2D eigenvalue weighted by atomic mass is 32.1. The van der Waals surface area contributed by atoms with E-state index in [-0.39, 0.29) is 5.75 Å². The number of aromatic hydroxyl groups is 1. The second-order valence-corrected chi connectivity index (χ2v) is 6.78. The van der Waals surface area contributed by atoms with Crippen LogP contribution in [0.3, 0.4) is 0 Å². The van der Waals surface area contributed by atoms with Gasteiger partial charge in [0, 0.05) is 0 Å². The van der Waals surface area contributed by atoms with Crippen molar-refractivity contribution in [2.24, 2.45) is 10.1 Å². The molecule has 0 aliphatic carbocycles. The van der Waals surface area contributed by atoms with Crippen LogP contribution >= 0.6 is 11.3 Å². The van der Waals surface area contributed by atoms with E-state index in [0.717, 1.165) is 26.5 Å². The van der Waals surface area contributed by atoms with Gasteiger partial charge in [0.2, 0.25) is 0 Å². The molecule has 0 spiro atoms. The molecule has 5 nitrogen and oxygen atoms in total. The van der Waals surface area contributed by atoms with Crippen LogP contribution in [0.1, 0.15) is 10.6 Å². The summed E-state index contributed by atoms with van der Waals surface area (Å²) in [4.78, 5) is 9.32. The molecular formula is C21H16N4OS. The summed E-state index contributed by atoms with van der Waals surface area (Å²) < 4.78 is 1.09. The minimum atomic E-state index is 0.197. The van der Waals surface area contributed by atoms with Crippen molar-refractivity contribution >= 4 is 39.3 Å². The van der Waals surface area contributed by atoms with E-state index in [1.165, 1.54) is 0 Å². The largest absolute Gasteiger partial charge is 0.508 e. The lowest BCUT2D eigenvalue weighted by Gasteiger charge is -2.03. The first-order chi connectivity index (χ1) is 13.3. The fraction of sp³-hybridized carbons (Fsp3) is 0. The van der Waals surface area contributed by atoms with E-state index in [9.17, 15) is 5.11 Å². The van der Waals surface area contributed by atoms with Gasteiger partial charge in [-0.3, -0.25) is 5.43 Å². The van der Waals surface area contributed by atoms with Crippen molar-refractivity contribution in [3.05, 3.63) is 89.4 Å². The third kappa shape index (κ3) is 4.19. The van der Waals surface area contributed by atoms with Gasteiger partial charge in [-0.15, -0.1) is 11.3 Å². The van der Waals surface area contributed by atoms with Crippen LogP contribution < -0.4 is 5.43 Å². The van der Waals surface area contributed by atoms with E-state index in [1.807, 2.05) is 60.7 Å². The molecule has 0 bridgehead atoms. The second kappa shape index (κ2) is 7.80. The maximum absolute atomic E-state index is 9.56. The summed E-state index contributed by atoms with van der Waals surface area (Å²) in [6.07, 6.45) is 1.63. The van der Waals surface area contributed by atoms with Gasteiger partial charge in [-0.05, 0) is 42.0 Å². The maximum Gasteiger partial charge on any atom is 0.183 e. The minimum absolute atomic E-state index is 0.197. The van der Waals surface area contributed by atoms with Gasteiger partial charge in [-0.25, -0.2) is 9.98 Å². The predicted octanol–water partition coefficient (Wildman–Crippen LogP) is 4.70. The van der Waals surface area contributed by atoms with Crippen molar-refractivity contribution < 1.29 is 5.11 Å². The molecule has 0 amide bonds. The Labute approximate surface area is 160 Å². The van der Waals surface area contributed by atoms with Crippen LogP contribution in [0, 0.1) is 0 Å². The number of para-hydroxylation sites is 2. The Morgan fingerprint density at radius 2 is 1.78 bits per heavy atom. The monoisotopic (exact) mass is 372 g/mol. The van der Waals surface area contributed by atoms with Crippen molar-refractivity contribution in [3.63, 3.8) is 0 Å². The van der Waals surface area contributed by atoms with Crippen LogP contribution in [0.25, 0.3) is 10.2 Å². The van der Waals surface area contributed by atoms with Crippen LogP contribution in [-0.2, 0) is 0 Å². The number of aliphatic imine (C=N–C) groups is 1. The number of fused-ring (bicyclic) bond motifs is 1. The predicted molar refractivity (Wildman–Crippen MR) is 111 cm³/mol. The Morgan fingerprint density at radius 1 is 0.963 bits per heavy atom. The number of hydrogen-bond donors (Lipinski definition) is 2. The molecule has 0 fully saturated rings. The average Bonchev–Trinajstić information content (AvgIpc) is 3.12. The number of phenols is 1. The van der Waals surface area contributed by atoms with Crippen molar-refractivity contribution in [2.75, 3.05) is 0 Å². The Balaban J connectivity index is 1.66. The summed E-state index contributed by atoms with van der Waals surface area (Å²) in [5.74, 6) is 0.766. The summed E-state index contributed by atoms with van der Waals surface area (Å²) in [7, 11) is 0. The molecule has 1 heterocycles. The molecule has 0 aliphatic rings. The first-order valence-corrected chi connectivity index (χ1v) is 9.17. The van der Waals surface area contributed by atoms with Crippen LogP contribution in [-0.4, -0.2) is 22.1 Å². The van der Waals surface area contributed by atoms with E-state index in [0.29, 0.717) is 5.84 Å². The number of hydrazone groups is 1. The first-order valence-electron chi connectivity index (χ1n) is 8.36. The van der Waals surface area contributed by atoms with Gasteiger partial charge in [0.05, 0.1) is 22.1 Å². The standard InChI is InChI=1S/C21H16N4OS/c26-17-10-6-7-15(13-17)14-22-25-20(23-16-8-2-1-3-9-16)21-24-18-11-4-5-12-19(18)27-21/h1-14,26H,(H,23,25)/b22-14-. The summed E-state index contributed by atoms with van der Waals surface area (Å²) >= 11 is 1.56. The van der Waals surface area contributed by atoms with E-state index in [4.69, 9.17) is 0 Å². The molecule has 0 radical (unpaired) electrons. The molecule has 0 unspecified atom stereocenters. The van der Waals surface area contributed by atoms with Gasteiger partial charge in [0.15, 0.2) is 10.8 Å². The van der Waals surface area contributed by atoms with Crippen molar-refractivity contribution in [2.45, 2.75) is 0 Å². The fourth-order valence-electron chi connectivity index (χ4n) is 2.50. The van der Waals surface area contributed by atoms with Crippen LogP contribution in [0.15, 0.2) is 89.0 Å². The minimum Gasteiger partial charge on any atom is -0.508 e. The molecule has 0 saturated carbocycles. The quantitative estimate of drug-likeness (QED) is 0.310. The number of phenolic OH excluding ortho intramolecular Hbond substituents is 1. The van der Waals surface area contributed by atoms with Gasteiger partial charge < -0.3 is 5.11 Å². The maximum atomic E-state index is 9.56. The Kier molecular flexibility index (Phi) is 4.89. The van der Waals surface area contributed by atoms with Gasteiger partial charge >= 0.3 is 0 Å². The molecule has 27 heavy (non-hydrogen) atoms. The Bertz CT molecular complexity index is 1090. The molecule has 6 heteroatoms. The highest BCUT2D eigenvalue weighted by Crippen LogP contribution is 2.23. The third-order valence-electron chi connectivity index (χ3n) is 3.75. The van der Waals surface area contributed by atoms with Gasteiger partial charge in [-0.2, -0.15) is 5.10 Å². The molecule has 1 aromatic heterocycles. The number of hydrogen-bond acceptors (Lipinski definition) is 5. The normalized spacial score (nSPS) is 11.9. The number of nitrogens with one attached hydrogen (secondary N) is 1. The highest BCUT2D eigenvalue weighted by Gasteiger charge is 2.10. The Hall–Kier alpha value is -3.51. The molecule has 4 aromatic rings. The van der Waals surface area contributed by atoms with Gasteiger partial charge in [0.1, 0.15) is 5.75 Å². The zero-order chi connectivity index (χ0) is 18.5. The van der Waals surface area contributed by atoms with E-state index < -0.39 is 0 Å². The average molecular weight is 372 g/mol. The van der Waals surface area contributed by atoms with E-state index in [1.54, 1.807) is 35.8 Å². The van der Waals surface area contributed by atoms with Crippen molar-refractivity contribution in [1.82, 2.24) is 10.4 Å². The number of rotatable bonds is 4. The molecule has 2 N–H and O–H groups in total. The third-order valence-corrected chi connectivity index (χ3v) is 4.79. The van der Waals surface area contributed by atoms with Crippen molar-refractivity contribution in [1.29, 1.82) is 0 Å². The molecular weight excluding hydrogens is 356 g/mol. The van der Waals surface area contributed by atoms with Crippen molar-refractivity contribution in [3.8, 4) is 5.75 Å². The van der Waals surface area contributed by atoms with E-state index in [2.05, 4.69) is 20.5 Å². The second-order valence-electron chi connectivity index (χ2n) is 5.75. The molecule has 132 valence electrons. The first kappa shape index (κ1) is 16.9. The van der Waals surface area contributed by atoms with Gasteiger partial charge in [0.25, 0.3) is 0 Å². The number of benzene rings is 3. The molecule has 0 atom stereocenters. The number of aromatic nitrogens is 1. The summed E-state index contributed by atoms with van der Waals surface area (Å²) in [5.41, 5.74) is 5.52. The summed E-state index contributed by atoms with van der Waals surface area (Å²) in [6.45, 7) is 0. The fourth-order valence-corrected chi connectivity index (χ4v) is 3.40. The van der Waals surface area contributed by atoms with E-state index >= 15 is 0 Å². The summed E-state index contributed by atoms with van der Waals surface area (Å²) in [5, 5.41) is 14.6. The lowest BCUT2D eigenvalue weighted by atomic mass is 10.2. The van der Waals surface area contributed by atoms with Gasteiger partial charge in [-0.1, -0.05) is 42.5 Å². The lowest BCUT2D eigenvalue weighted by molar-refractivity contribution is 0.475. The lowest BCUT2D eigenvalue weighted by Crippen LogP contribution is -2.18. The number of nitrogens with zero attached hydrogens (tertiary/aromatic N) is 3. The SMILES string of the molecule is Oc1cccc(/C=N\NC(=Nc2ccccc2)c2nc3ccccc3s2)c1. The highest BCUT2D eigenvalue weighted by molar-refractivity contribution is 7.20. The zero-order valence-corrected chi connectivity index (χ0v) is 15.1. The number of thiazole rings is 1. The summed E-state index contributed by atoms with van der Waals surface area (Å²) in [6, 6.07) is 24.5. The smallest absolute Gasteiger partial charge is 0.183 e. The van der Waals surface area contributed by atoms with Crippen LogP contribution in [0.5, 0.6) is 5.75 Å².